The van der Waals surface area contributed by atoms with Crippen molar-refractivity contribution in [1.82, 2.24) is 19.7 Å². The average molecular weight is 189 g/mol. The van der Waals surface area contributed by atoms with Crippen LogP contribution in [0.5, 0.6) is 0 Å². The Balaban J connectivity index is 2.41. The zero-order valence-electron chi connectivity index (χ0n) is 8.12. The topological polar surface area (TPSA) is 46.8 Å². The van der Waals surface area contributed by atoms with Crippen LogP contribution in [0.1, 0.15) is 0 Å². The minimum Gasteiger partial charge on any atom is -0.363 e. The van der Waals surface area contributed by atoms with Crippen LogP contribution in [0.4, 0.5) is 5.82 Å². The first kappa shape index (κ1) is 8.68. The highest BCUT2D eigenvalue weighted by molar-refractivity contribution is 5.37. The fourth-order valence-corrected chi connectivity index (χ4v) is 1.09. The van der Waals surface area contributed by atoms with Gasteiger partial charge in [0, 0.05) is 32.7 Å². The van der Waals surface area contributed by atoms with Crippen LogP contribution in [0.25, 0.3) is 5.95 Å². The summed E-state index contributed by atoms with van der Waals surface area (Å²) in [4.78, 5) is 10.4. The average Bonchev–Trinajstić information content (AvgIpc) is 2.71. The summed E-state index contributed by atoms with van der Waals surface area (Å²) in [6, 6.07) is 3.69. The van der Waals surface area contributed by atoms with Crippen LogP contribution in [-0.2, 0) is 0 Å². The lowest BCUT2D eigenvalue weighted by molar-refractivity contribution is 0.804. The molecule has 0 saturated carbocycles. The molecule has 5 heteroatoms. The van der Waals surface area contributed by atoms with Crippen molar-refractivity contribution in [2.24, 2.45) is 0 Å². The van der Waals surface area contributed by atoms with Gasteiger partial charge in [0.2, 0.25) is 0 Å². The van der Waals surface area contributed by atoms with Crippen molar-refractivity contribution in [3.05, 3.63) is 30.7 Å². The van der Waals surface area contributed by atoms with Gasteiger partial charge in [0.05, 0.1) is 0 Å². The molecule has 0 N–H and O–H groups in total. The summed E-state index contributed by atoms with van der Waals surface area (Å²) in [5.74, 6) is 1.45. The molecule has 14 heavy (non-hydrogen) atoms. The Morgan fingerprint density at radius 1 is 1.29 bits per heavy atom. The lowest BCUT2D eigenvalue weighted by Gasteiger charge is -2.11. The molecular weight excluding hydrogens is 178 g/mol. The molecule has 0 bridgehead atoms. The zero-order chi connectivity index (χ0) is 9.97. The standard InChI is InChI=1S/C9H11N5/c1-13(2)8-4-6-10-9(12-8)14-7-3-5-11-14/h3-7H,1-2H3. The molecule has 0 aliphatic carbocycles. The minimum atomic E-state index is 0.584. The normalized spacial score (nSPS) is 10.1. The van der Waals surface area contributed by atoms with Gasteiger partial charge in [0.25, 0.3) is 5.95 Å². The molecule has 5 nitrogen and oxygen atoms in total. The molecule has 0 atom stereocenters. The molecule has 0 aliphatic rings. The van der Waals surface area contributed by atoms with Crippen molar-refractivity contribution >= 4 is 5.82 Å². The maximum absolute atomic E-state index is 4.33. The third-order valence-electron chi connectivity index (χ3n) is 1.80. The Morgan fingerprint density at radius 3 is 2.79 bits per heavy atom. The third kappa shape index (κ3) is 1.56. The molecule has 0 fully saturated rings. The molecule has 0 spiro atoms. The summed E-state index contributed by atoms with van der Waals surface area (Å²) in [5, 5.41) is 4.06. The molecule has 2 rings (SSSR count). The SMILES string of the molecule is CN(C)c1ccnc(-n2cccn2)n1. The smallest absolute Gasteiger partial charge is 0.252 e. The number of aromatic nitrogens is 4. The highest BCUT2D eigenvalue weighted by Crippen LogP contribution is 2.07. The fourth-order valence-electron chi connectivity index (χ4n) is 1.09. The van der Waals surface area contributed by atoms with Crippen molar-refractivity contribution in [2.45, 2.75) is 0 Å². The van der Waals surface area contributed by atoms with E-state index in [0.717, 1.165) is 5.82 Å². The van der Waals surface area contributed by atoms with E-state index in [4.69, 9.17) is 0 Å². The van der Waals surface area contributed by atoms with Gasteiger partial charge in [-0.25, -0.2) is 9.67 Å². The Morgan fingerprint density at radius 2 is 2.14 bits per heavy atom. The van der Waals surface area contributed by atoms with E-state index in [1.807, 2.05) is 37.3 Å². The van der Waals surface area contributed by atoms with E-state index in [2.05, 4.69) is 15.1 Å². The highest BCUT2D eigenvalue weighted by atomic mass is 15.3. The Labute approximate surface area is 82.0 Å². The monoisotopic (exact) mass is 189 g/mol. The van der Waals surface area contributed by atoms with Crippen LogP contribution in [-0.4, -0.2) is 33.8 Å². The van der Waals surface area contributed by atoms with Gasteiger partial charge < -0.3 is 4.90 Å². The van der Waals surface area contributed by atoms with Gasteiger partial charge in [-0.2, -0.15) is 10.1 Å². The molecule has 2 heterocycles. The first-order valence-corrected chi connectivity index (χ1v) is 4.28. The van der Waals surface area contributed by atoms with E-state index < -0.39 is 0 Å². The third-order valence-corrected chi connectivity index (χ3v) is 1.80. The lowest BCUT2D eigenvalue weighted by atomic mass is 10.5. The second kappa shape index (κ2) is 3.45. The molecular formula is C9H11N5. The van der Waals surface area contributed by atoms with E-state index in [1.54, 1.807) is 17.1 Å². The zero-order valence-corrected chi connectivity index (χ0v) is 8.12. The predicted octanol–water partition coefficient (Wildman–Crippen LogP) is 0.728. The van der Waals surface area contributed by atoms with E-state index in [9.17, 15) is 0 Å². The van der Waals surface area contributed by atoms with E-state index in [1.165, 1.54) is 0 Å². The van der Waals surface area contributed by atoms with Crippen LogP contribution in [0.15, 0.2) is 30.7 Å². The number of rotatable bonds is 2. The summed E-state index contributed by atoms with van der Waals surface area (Å²) in [6.45, 7) is 0. The number of hydrogen-bond acceptors (Lipinski definition) is 4. The Kier molecular flexibility index (Phi) is 2.14. The van der Waals surface area contributed by atoms with Gasteiger partial charge in [-0.3, -0.25) is 0 Å². The van der Waals surface area contributed by atoms with Gasteiger partial charge in [0.15, 0.2) is 0 Å². The van der Waals surface area contributed by atoms with Crippen molar-refractivity contribution in [1.29, 1.82) is 0 Å². The molecule has 0 radical (unpaired) electrons. The van der Waals surface area contributed by atoms with Crippen LogP contribution in [0.3, 0.4) is 0 Å². The van der Waals surface area contributed by atoms with E-state index in [-0.39, 0.29) is 0 Å². The molecule has 0 aromatic carbocycles. The van der Waals surface area contributed by atoms with Crippen LogP contribution < -0.4 is 4.90 Å². The highest BCUT2D eigenvalue weighted by Gasteiger charge is 2.02. The number of anilines is 1. The summed E-state index contributed by atoms with van der Waals surface area (Å²) in [5.41, 5.74) is 0. The molecule has 2 aromatic rings. The van der Waals surface area contributed by atoms with Gasteiger partial charge in [-0.15, -0.1) is 0 Å². The molecule has 2 aromatic heterocycles. The predicted molar refractivity (Wildman–Crippen MR) is 53.5 cm³/mol. The van der Waals surface area contributed by atoms with Crippen LogP contribution >= 0.6 is 0 Å². The largest absolute Gasteiger partial charge is 0.363 e. The van der Waals surface area contributed by atoms with Gasteiger partial charge >= 0.3 is 0 Å². The molecule has 0 saturated heterocycles. The maximum atomic E-state index is 4.33. The van der Waals surface area contributed by atoms with Gasteiger partial charge in [-0.1, -0.05) is 0 Å². The quantitative estimate of drug-likeness (QED) is 0.698. The van der Waals surface area contributed by atoms with Crippen LogP contribution in [0, 0.1) is 0 Å². The van der Waals surface area contributed by atoms with Crippen molar-refractivity contribution in [3.8, 4) is 5.95 Å². The summed E-state index contributed by atoms with van der Waals surface area (Å²) in [6.07, 6.45) is 5.24. The summed E-state index contributed by atoms with van der Waals surface area (Å²) in [7, 11) is 3.88. The van der Waals surface area contributed by atoms with Gasteiger partial charge in [0.1, 0.15) is 5.82 Å². The fraction of sp³-hybridized carbons (Fsp3) is 0.222. The second-order valence-corrected chi connectivity index (χ2v) is 3.06. The van der Waals surface area contributed by atoms with Crippen molar-refractivity contribution in [3.63, 3.8) is 0 Å². The van der Waals surface area contributed by atoms with Crippen molar-refractivity contribution in [2.75, 3.05) is 19.0 Å². The molecule has 0 unspecified atom stereocenters. The maximum Gasteiger partial charge on any atom is 0.252 e. The molecule has 0 amide bonds. The minimum absolute atomic E-state index is 0.584. The molecule has 0 aliphatic heterocycles. The van der Waals surface area contributed by atoms with Crippen LogP contribution in [0.2, 0.25) is 0 Å². The summed E-state index contributed by atoms with van der Waals surface area (Å²) >= 11 is 0. The van der Waals surface area contributed by atoms with E-state index in [0.29, 0.717) is 5.95 Å². The Hall–Kier alpha value is -1.91. The first-order chi connectivity index (χ1) is 6.77. The lowest BCUT2D eigenvalue weighted by Crippen LogP contribution is -2.12. The van der Waals surface area contributed by atoms with Gasteiger partial charge in [-0.05, 0) is 12.1 Å². The number of nitrogens with zero attached hydrogens (tertiary/aromatic N) is 5. The second-order valence-electron chi connectivity index (χ2n) is 3.06. The number of hydrogen-bond donors (Lipinski definition) is 0. The first-order valence-electron chi connectivity index (χ1n) is 4.28. The van der Waals surface area contributed by atoms with E-state index >= 15 is 0 Å². The van der Waals surface area contributed by atoms with Crippen molar-refractivity contribution < 1.29 is 0 Å². The summed E-state index contributed by atoms with van der Waals surface area (Å²) < 4.78 is 1.63. The molecule has 72 valence electrons. The Bertz CT molecular complexity index is 407.